The lowest BCUT2D eigenvalue weighted by Crippen LogP contribution is -2.28. The Bertz CT molecular complexity index is 325. The van der Waals surface area contributed by atoms with Crippen LogP contribution in [0, 0.1) is 5.92 Å². The van der Waals surface area contributed by atoms with Crippen molar-refractivity contribution < 1.29 is 4.79 Å². The molecule has 0 saturated heterocycles. The van der Waals surface area contributed by atoms with Gasteiger partial charge in [0, 0.05) is 6.54 Å². The van der Waals surface area contributed by atoms with Gasteiger partial charge in [-0.1, -0.05) is 25.2 Å². The van der Waals surface area contributed by atoms with Crippen LogP contribution in [0.5, 0.6) is 0 Å². The maximum atomic E-state index is 11.3. The molecule has 3 N–H and O–H groups in total. The van der Waals surface area contributed by atoms with Gasteiger partial charge < -0.3 is 11.1 Å². The highest BCUT2D eigenvalue weighted by Crippen LogP contribution is 2.25. The molecule has 1 heterocycles. The standard InChI is InChI=1S/C9H15N3OS2/c1-6(2)3-11-7(13)5-14-8-4-12-9(10)15-8/h4,6H,3,5H2,1-2H3,(H2,10,12)(H,11,13). The van der Waals surface area contributed by atoms with Crippen molar-refractivity contribution in [3.8, 4) is 0 Å². The summed E-state index contributed by atoms with van der Waals surface area (Å²) >= 11 is 2.87. The van der Waals surface area contributed by atoms with Crippen molar-refractivity contribution in [2.45, 2.75) is 18.1 Å². The number of amides is 1. The number of carbonyl (C=O) groups is 1. The smallest absolute Gasteiger partial charge is 0.230 e. The van der Waals surface area contributed by atoms with E-state index in [1.807, 2.05) is 0 Å². The molecule has 0 saturated carbocycles. The molecule has 15 heavy (non-hydrogen) atoms. The van der Waals surface area contributed by atoms with E-state index in [9.17, 15) is 4.79 Å². The molecule has 0 unspecified atom stereocenters. The minimum Gasteiger partial charge on any atom is -0.375 e. The van der Waals surface area contributed by atoms with Gasteiger partial charge in [0.1, 0.15) is 0 Å². The molecule has 1 aromatic heterocycles. The zero-order valence-corrected chi connectivity index (χ0v) is 10.5. The molecular weight excluding hydrogens is 230 g/mol. The predicted octanol–water partition coefficient (Wildman–Crippen LogP) is 1.59. The second kappa shape index (κ2) is 5.97. The predicted molar refractivity (Wildman–Crippen MR) is 65.1 cm³/mol. The van der Waals surface area contributed by atoms with Crippen LogP contribution in [-0.2, 0) is 4.79 Å². The molecule has 4 nitrogen and oxygen atoms in total. The first-order valence-electron chi connectivity index (χ1n) is 4.68. The van der Waals surface area contributed by atoms with Gasteiger partial charge >= 0.3 is 0 Å². The highest BCUT2D eigenvalue weighted by molar-refractivity contribution is 8.01. The monoisotopic (exact) mass is 245 g/mol. The van der Waals surface area contributed by atoms with Crippen LogP contribution in [0.2, 0.25) is 0 Å². The summed E-state index contributed by atoms with van der Waals surface area (Å²) in [6, 6.07) is 0. The van der Waals surface area contributed by atoms with Gasteiger partial charge in [0.25, 0.3) is 0 Å². The molecule has 0 fully saturated rings. The number of aromatic nitrogens is 1. The molecule has 0 aliphatic rings. The summed E-state index contributed by atoms with van der Waals surface area (Å²) in [4.78, 5) is 15.3. The fourth-order valence-corrected chi connectivity index (χ4v) is 2.43. The zero-order valence-electron chi connectivity index (χ0n) is 8.82. The van der Waals surface area contributed by atoms with E-state index in [2.05, 4.69) is 24.1 Å². The summed E-state index contributed by atoms with van der Waals surface area (Å²) in [5.41, 5.74) is 5.48. The second-order valence-electron chi connectivity index (χ2n) is 3.50. The molecule has 0 atom stereocenters. The molecule has 6 heteroatoms. The molecule has 0 aromatic carbocycles. The topological polar surface area (TPSA) is 68.0 Å². The second-order valence-corrected chi connectivity index (χ2v) is 5.84. The van der Waals surface area contributed by atoms with Gasteiger partial charge in [0.15, 0.2) is 5.13 Å². The average Bonchev–Trinajstić information content (AvgIpc) is 2.58. The largest absolute Gasteiger partial charge is 0.375 e. The number of hydrogen-bond donors (Lipinski definition) is 2. The first kappa shape index (κ1) is 12.3. The van der Waals surface area contributed by atoms with Crippen LogP contribution in [0.1, 0.15) is 13.8 Å². The van der Waals surface area contributed by atoms with Crippen LogP contribution in [0.25, 0.3) is 0 Å². The van der Waals surface area contributed by atoms with E-state index in [0.717, 1.165) is 10.8 Å². The van der Waals surface area contributed by atoms with Crippen molar-refractivity contribution in [2.75, 3.05) is 18.0 Å². The minimum atomic E-state index is 0.0562. The van der Waals surface area contributed by atoms with Crippen molar-refractivity contribution in [1.82, 2.24) is 10.3 Å². The summed E-state index contributed by atoms with van der Waals surface area (Å²) in [5, 5.41) is 3.39. The van der Waals surface area contributed by atoms with E-state index in [1.165, 1.54) is 23.1 Å². The molecule has 0 radical (unpaired) electrons. The Balaban J connectivity index is 2.22. The van der Waals surface area contributed by atoms with Gasteiger partial charge in [0.05, 0.1) is 16.2 Å². The maximum Gasteiger partial charge on any atom is 0.230 e. The number of hydrogen-bond acceptors (Lipinski definition) is 5. The van der Waals surface area contributed by atoms with Gasteiger partial charge in [-0.15, -0.1) is 11.8 Å². The van der Waals surface area contributed by atoms with Gasteiger partial charge in [0.2, 0.25) is 5.91 Å². The van der Waals surface area contributed by atoms with E-state index in [4.69, 9.17) is 5.73 Å². The Kier molecular flexibility index (Phi) is 4.90. The number of carbonyl (C=O) groups excluding carboxylic acids is 1. The third kappa shape index (κ3) is 5.03. The number of nitrogens with two attached hydrogens (primary N) is 1. The Morgan fingerprint density at radius 2 is 2.47 bits per heavy atom. The number of thiazole rings is 1. The molecule has 1 amide bonds. The zero-order chi connectivity index (χ0) is 11.3. The summed E-state index contributed by atoms with van der Waals surface area (Å²) in [7, 11) is 0. The lowest BCUT2D eigenvalue weighted by molar-refractivity contribution is -0.118. The number of nitrogens with zero attached hydrogens (tertiary/aromatic N) is 1. The van der Waals surface area contributed by atoms with E-state index in [-0.39, 0.29) is 5.91 Å². The summed E-state index contributed by atoms with van der Waals surface area (Å²) < 4.78 is 0.979. The maximum absolute atomic E-state index is 11.3. The molecule has 0 aliphatic heterocycles. The number of rotatable bonds is 5. The van der Waals surface area contributed by atoms with Gasteiger partial charge in [-0.2, -0.15) is 0 Å². The Hall–Kier alpha value is -0.750. The third-order valence-electron chi connectivity index (χ3n) is 1.56. The molecule has 1 rings (SSSR count). The SMILES string of the molecule is CC(C)CNC(=O)CSc1cnc(N)s1. The number of thioether (sulfide) groups is 1. The molecule has 0 aliphatic carbocycles. The first-order valence-corrected chi connectivity index (χ1v) is 6.49. The lowest BCUT2D eigenvalue weighted by atomic mass is 10.2. The van der Waals surface area contributed by atoms with E-state index in [1.54, 1.807) is 6.20 Å². The number of nitrogens with one attached hydrogen (secondary N) is 1. The van der Waals surface area contributed by atoms with Gasteiger partial charge in [-0.05, 0) is 5.92 Å². The quantitative estimate of drug-likeness (QED) is 0.773. The Morgan fingerprint density at radius 1 is 1.73 bits per heavy atom. The highest BCUT2D eigenvalue weighted by atomic mass is 32.2. The van der Waals surface area contributed by atoms with Crippen molar-refractivity contribution in [3.05, 3.63) is 6.20 Å². The Labute approximate surface area is 97.7 Å². The van der Waals surface area contributed by atoms with Crippen molar-refractivity contribution in [1.29, 1.82) is 0 Å². The number of anilines is 1. The lowest BCUT2D eigenvalue weighted by Gasteiger charge is -2.06. The molecule has 1 aromatic rings. The van der Waals surface area contributed by atoms with Crippen LogP contribution in [0.15, 0.2) is 10.4 Å². The summed E-state index contributed by atoms with van der Waals surface area (Å²) in [5.74, 6) is 0.965. The fraction of sp³-hybridized carbons (Fsp3) is 0.556. The number of nitrogen functional groups attached to an aromatic ring is 1. The van der Waals surface area contributed by atoms with E-state index >= 15 is 0 Å². The van der Waals surface area contributed by atoms with Crippen LogP contribution >= 0.6 is 23.1 Å². The first-order chi connectivity index (χ1) is 7.08. The summed E-state index contributed by atoms with van der Waals surface area (Å²) in [6.07, 6.45) is 1.69. The fourth-order valence-electron chi connectivity index (χ4n) is 0.844. The molecule has 0 spiro atoms. The molecule has 84 valence electrons. The van der Waals surface area contributed by atoms with Crippen molar-refractivity contribution >= 4 is 34.1 Å². The minimum absolute atomic E-state index is 0.0562. The van der Waals surface area contributed by atoms with E-state index < -0.39 is 0 Å². The van der Waals surface area contributed by atoms with Crippen molar-refractivity contribution in [2.24, 2.45) is 5.92 Å². The van der Waals surface area contributed by atoms with Gasteiger partial charge in [-0.25, -0.2) is 4.98 Å². The van der Waals surface area contributed by atoms with Crippen LogP contribution in [0.3, 0.4) is 0 Å². The van der Waals surface area contributed by atoms with Crippen LogP contribution in [-0.4, -0.2) is 23.2 Å². The highest BCUT2D eigenvalue weighted by Gasteiger charge is 2.05. The normalized spacial score (nSPS) is 10.6. The molecule has 0 bridgehead atoms. The van der Waals surface area contributed by atoms with Gasteiger partial charge in [-0.3, -0.25) is 4.79 Å². The van der Waals surface area contributed by atoms with Crippen LogP contribution in [0.4, 0.5) is 5.13 Å². The third-order valence-corrected chi connectivity index (χ3v) is 3.58. The average molecular weight is 245 g/mol. The van der Waals surface area contributed by atoms with E-state index in [0.29, 0.717) is 16.8 Å². The Morgan fingerprint density at radius 3 is 3.00 bits per heavy atom. The van der Waals surface area contributed by atoms with Crippen LogP contribution < -0.4 is 11.1 Å². The van der Waals surface area contributed by atoms with Crippen molar-refractivity contribution in [3.63, 3.8) is 0 Å². The molecular formula is C9H15N3OS2. The summed E-state index contributed by atoms with van der Waals surface area (Å²) in [6.45, 7) is 4.86.